The van der Waals surface area contributed by atoms with Gasteiger partial charge in [-0.2, -0.15) is 0 Å². The second-order valence-electron chi connectivity index (χ2n) is 10.4. The number of carbonyl (C=O) groups is 3. The van der Waals surface area contributed by atoms with Gasteiger partial charge in [0.05, 0.1) is 24.1 Å². The number of anilines is 1. The largest absolute Gasteiger partial charge is 0.507 e. The van der Waals surface area contributed by atoms with Gasteiger partial charge in [0.1, 0.15) is 17.6 Å². The summed E-state index contributed by atoms with van der Waals surface area (Å²) in [7, 11) is 0. The van der Waals surface area contributed by atoms with E-state index < -0.39 is 17.7 Å². The summed E-state index contributed by atoms with van der Waals surface area (Å²) in [6.07, 6.45) is 0.618. The van der Waals surface area contributed by atoms with Gasteiger partial charge >= 0.3 is 5.97 Å². The summed E-state index contributed by atoms with van der Waals surface area (Å²) in [5, 5.41) is 11.5. The van der Waals surface area contributed by atoms with Crippen LogP contribution in [0, 0.1) is 6.92 Å². The number of ketones is 1. The van der Waals surface area contributed by atoms with Gasteiger partial charge in [-0.25, -0.2) is 0 Å². The highest BCUT2D eigenvalue weighted by Crippen LogP contribution is 2.43. The highest BCUT2D eigenvalue weighted by molar-refractivity contribution is 6.51. The molecule has 0 spiro atoms. The first-order valence-electron chi connectivity index (χ1n) is 13.1. The fourth-order valence-corrected chi connectivity index (χ4v) is 5.22. The molecule has 0 aliphatic carbocycles. The lowest BCUT2D eigenvalue weighted by molar-refractivity contribution is -0.146. The van der Waals surface area contributed by atoms with E-state index in [1.54, 1.807) is 50.2 Å². The summed E-state index contributed by atoms with van der Waals surface area (Å²) in [5.41, 5.74) is 4.31. The molecule has 0 bridgehead atoms. The van der Waals surface area contributed by atoms with Crippen molar-refractivity contribution in [2.45, 2.75) is 58.8 Å². The molecule has 1 saturated heterocycles. The molecule has 2 unspecified atom stereocenters. The van der Waals surface area contributed by atoms with Gasteiger partial charge in [0.15, 0.2) is 0 Å². The van der Waals surface area contributed by atoms with Crippen LogP contribution in [0.3, 0.4) is 0 Å². The summed E-state index contributed by atoms with van der Waals surface area (Å²) in [6.45, 7) is 7.49. The van der Waals surface area contributed by atoms with Crippen LogP contribution in [-0.2, 0) is 32.0 Å². The summed E-state index contributed by atoms with van der Waals surface area (Å²) >= 11 is 0. The van der Waals surface area contributed by atoms with Crippen LogP contribution in [0.2, 0.25) is 0 Å². The molecule has 1 N–H and O–H groups in total. The van der Waals surface area contributed by atoms with Crippen molar-refractivity contribution in [3.8, 4) is 5.75 Å². The maximum absolute atomic E-state index is 13.5. The van der Waals surface area contributed by atoms with Gasteiger partial charge in [-0.05, 0) is 74.7 Å². The van der Waals surface area contributed by atoms with E-state index in [1.165, 1.54) is 4.90 Å². The van der Waals surface area contributed by atoms with Crippen molar-refractivity contribution in [3.05, 3.63) is 100 Å². The zero-order valence-electron chi connectivity index (χ0n) is 22.4. The van der Waals surface area contributed by atoms with Crippen LogP contribution in [0.4, 0.5) is 5.69 Å². The topological polar surface area (TPSA) is 93.1 Å². The Balaban J connectivity index is 1.57. The van der Waals surface area contributed by atoms with Crippen molar-refractivity contribution < 1.29 is 29.0 Å². The van der Waals surface area contributed by atoms with Gasteiger partial charge in [0.25, 0.3) is 11.7 Å². The molecular weight excluding hydrogens is 494 g/mol. The number of aliphatic hydroxyl groups is 1. The maximum atomic E-state index is 13.5. The average molecular weight is 526 g/mol. The molecular formula is C32H31NO6. The maximum Gasteiger partial charge on any atom is 0.310 e. The first-order chi connectivity index (χ1) is 18.6. The lowest BCUT2D eigenvalue weighted by Crippen LogP contribution is -2.29. The van der Waals surface area contributed by atoms with Crippen molar-refractivity contribution in [3.63, 3.8) is 0 Å². The molecule has 2 aliphatic rings. The Hall–Kier alpha value is -4.39. The van der Waals surface area contributed by atoms with Gasteiger partial charge in [0.2, 0.25) is 0 Å². The van der Waals surface area contributed by atoms with Crippen LogP contribution in [0.5, 0.6) is 5.75 Å². The SMILES string of the molecule is Cc1cccc(C2/C(=C(/O)c3ccc4c(c3)CC(C)O4)C(=O)C(=O)N2c2ccc(CC(=O)OC(C)C)cc2)c1. The number of rotatable bonds is 6. The molecule has 39 heavy (non-hydrogen) atoms. The number of benzene rings is 3. The molecule has 3 aromatic carbocycles. The Morgan fingerprint density at radius 3 is 2.51 bits per heavy atom. The molecule has 2 aliphatic heterocycles. The third-order valence-corrected chi connectivity index (χ3v) is 6.90. The third-order valence-electron chi connectivity index (χ3n) is 6.90. The molecule has 3 aromatic rings. The lowest BCUT2D eigenvalue weighted by atomic mass is 9.93. The highest BCUT2D eigenvalue weighted by Gasteiger charge is 2.47. The van der Waals surface area contributed by atoms with Crippen LogP contribution in [0.15, 0.2) is 72.3 Å². The van der Waals surface area contributed by atoms with Crippen LogP contribution < -0.4 is 9.64 Å². The number of nitrogens with zero attached hydrogens (tertiary/aromatic N) is 1. The zero-order chi connectivity index (χ0) is 27.8. The van der Waals surface area contributed by atoms with E-state index in [1.807, 2.05) is 44.2 Å². The van der Waals surface area contributed by atoms with E-state index in [-0.39, 0.29) is 35.9 Å². The number of esters is 1. The van der Waals surface area contributed by atoms with Gasteiger partial charge in [-0.15, -0.1) is 0 Å². The Morgan fingerprint density at radius 1 is 1.08 bits per heavy atom. The van der Waals surface area contributed by atoms with Crippen molar-refractivity contribution in [2.24, 2.45) is 0 Å². The number of amides is 1. The summed E-state index contributed by atoms with van der Waals surface area (Å²) in [5.74, 6) is -1.29. The predicted molar refractivity (Wildman–Crippen MR) is 148 cm³/mol. The quantitative estimate of drug-likeness (QED) is 0.199. The molecule has 1 amide bonds. The van der Waals surface area contributed by atoms with Crippen LogP contribution in [-0.4, -0.2) is 35.0 Å². The lowest BCUT2D eigenvalue weighted by Gasteiger charge is -2.26. The molecule has 2 atom stereocenters. The molecule has 1 fully saturated rings. The minimum atomic E-state index is -0.829. The van der Waals surface area contributed by atoms with E-state index in [4.69, 9.17) is 9.47 Å². The Morgan fingerprint density at radius 2 is 1.82 bits per heavy atom. The second kappa shape index (κ2) is 10.4. The van der Waals surface area contributed by atoms with Crippen LogP contribution in [0.1, 0.15) is 54.6 Å². The number of ether oxygens (including phenoxy) is 2. The van der Waals surface area contributed by atoms with Crippen LogP contribution >= 0.6 is 0 Å². The van der Waals surface area contributed by atoms with E-state index >= 15 is 0 Å². The Labute approximate surface area is 227 Å². The summed E-state index contributed by atoms with van der Waals surface area (Å²) in [6, 6.07) is 18.9. The monoisotopic (exact) mass is 525 g/mol. The summed E-state index contributed by atoms with van der Waals surface area (Å²) in [4.78, 5) is 40.5. The minimum Gasteiger partial charge on any atom is -0.507 e. The van der Waals surface area contributed by atoms with Crippen molar-refractivity contribution in [1.29, 1.82) is 0 Å². The fourth-order valence-electron chi connectivity index (χ4n) is 5.22. The van der Waals surface area contributed by atoms with E-state index in [2.05, 4.69) is 0 Å². The standard InChI is InChI=1S/C32H31NO6/c1-18(2)38-27(34)16-21-8-11-25(12-9-21)33-29(22-7-5-6-19(3)14-22)28(31(36)32(33)37)30(35)23-10-13-26-24(17-23)15-20(4)39-26/h5-14,17-18,20,29,35H,15-16H2,1-4H3/b30-28-. The number of aliphatic hydroxyl groups excluding tert-OH is 1. The van der Waals surface area contributed by atoms with Gasteiger partial charge in [-0.3, -0.25) is 19.3 Å². The zero-order valence-corrected chi connectivity index (χ0v) is 22.4. The Bertz CT molecular complexity index is 1490. The molecule has 0 saturated carbocycles. The molecule has 200 valence electrons. The molecule has 2 heterocycles. The van der Waals surface area contributed by atoms with Gasteiger partial charge in [-0.1, -0.05) is 42.0 Å². The number of carbonyl (C=O) groups excluding carboxylic acids is 3. The highest BCUT2D eigenvalue weighted by atomic mass is 16.5. The molecule has 7 nitrogen and oxygen atoms in total. The fraction of sp³-hybridized carbons (Fsp3) is 0.281. The minimum absolute atomic E-state index is 0.0297. The number of Topliss-reactive ketones (excluding diaryl/α,β-unsaturated/α-hetero) is 1. The molecule has 5 rings (SSSR count). The molecule has 7 heteroatoms. The third kappa shape index (κ3) is 5.17. The van der Waals surface area contributed by atoms with Crippen LogP contribution in [0.25, 0.3) is 5.76 Å². The summed E-state index contributed by atoms with van der Waals surface area (Å²) < 4.78 is 11.0. The van der Waals surface area contributed by atoms with Crippen molar-refractivity contribution in [1.82, 2.24) is 0 Å². The van der Waals surface area contributed by atoms with Gasteiger partial charge in [0, 0.05) is 17.7 Å². The number of fused-ring (bicyclic) bond motifs is 1. The van der Waals surface area contributed by atoms with E-state index in [0.717, 1.165) is 22.4 Å². The predicted octanol–water partition coefficient (Wildman–Crippen LogP) is 5.44. The number of hydrogen-bond donors (Lipinski definition) is 1. The normalized spacial score (nSPS) is 19.8. The van der Waals surface area contributed by atoms with Crippen molar-refractivity contribution in [2.75, 3.05) is 4.90 Å². The van der Waals surface area contributed by atoms with E-state index in [0.29, 0.717) is 23.2 Å². The average Bonchev–Trinajstić information content (AvgIpc) is 3.39. The smallest absolute Gasteiger partial charge is 0.310 e. The number of aryl methyl sites for hydroxylation is 1. The van der Waals surface area contributed by atoms with E-state index in [9.17, 15) is 19.5 Å². The second-order valence-corrected chi connectivity index (χ2v) is 10.4. The Kier molecular flexibility index (Phi) is 7.00. The van der Waals surface area contributed by atoms with Gasteiger partial charge < -0.3 is 14.6 Å². The first kappa shape index (κ1) is 26.2. The van der Waals surface area contributed by atoms with Crippen molar-refractivity contribution >= 4 is 29.1 Å². The first-order valence-corrected chi connectivity index (χ1v) is 13.1. The molecule has 0 aromatic heterocycles. The molecule has 0 radical (unpaired) electrons. The number of hydrogen-bond acceptors (Lipinski definition) is 6.